The number of carbonyl (C=O) groups excluding carboxylic acids is 1. The summed E-state index contributed by atoms with van der Waals surface area (Å²) in [4.78, 5) is 15.6. The molecule has 1 saturated heterocycles. The second-order valence-electron chi connectivity index (χ2n) is 8.50. The summed E-state index contributed by atoms with van der Waals surface area (Å²) < 4.78 is 0. The second-order valence-corrected chi connectivity index (χ2v) is 8.50. The highest BCUT2D eigenvalue weighted by Gasteiger charge is 2.29. The van der Waals surface area contributed by atoms with Crippen LogP contribution in [-0.4, -0.2) is 30.3 Å². The molecule has 0 spiro atoms. The number of fused-ring (bicyclic) bond motifs is 3. The molecule has 1 unspecified atom stereocenters. The van der Waals surface area contributed by atoms with Gasteiger partial charge in [-0.15, -0.1) is 12.4 Å². The van der Waals surface area contributed by atoms with Crippen LogP contribution in [0, 0.1) is 5.92 Å². The van der Waals surface area contributed by atoms with Crippen molar-refractivity contribution in [3.05, 3.63) is 83.4 Å². The van der Waals surface area contributed by atoms with E-state index in [1.54, 1.807) is 0 Å². The Morgan fingerprint density at radius 1 is 0.828 bits per heavy atom. The summed E-state index contributed by atoms with van der Waals surface area (Å²) in [6, 6.07) is 23.6. The minimum atomic E-state index is 0. The number of carbonyl (C=O) groups is 1. The number of hydrogen-bond donors (Lipinski definition) is 0. The van der Waals surface area contributed by atoms with Crippen molar-refractivity contribution >= 4 is 29.0 Å². The van der Waals surface area contributed by atoms with E-state index in [1.807, 2.05) is 12.1 Å². The number of nitrogens with zero attached hydrogens (tertiary/aromatic N) is 1. The van der Waals surface area contributed by atoms with Crippen molar-refractivity contribution in [3.8, 4) is 0 Å². The Morgan fingerprint density at radius 3 is 2.34 bits per heavy atom. The highest BCUT2D eigenvalue weighted by molar-refractivity contribution is 6.10. The minimum absolute atomic E-state index is 0. The van der Waals surface area contributed by atoms with Crippen LogP contribution in [-0.2, 0) is 6.42 Å². The lowest BCUT2D eigenvalue weighted by Gasteiger charge is -2.35. The summed E-state index contributed by atoms with van der Waals surface area (Å²) in [5, 5.41) is 2.31. The molecule has 1 heterocycles. The van der Waals surface area contributed by atoms with Crippen LogP contribution in [0.5, 0.6) is 0 Å². The van der Waals surface area contributed by atoms with Crippen molar-refractivity contribution < 1.29 is 4.79 Å². The molecule has 0 bridgehead atoms. The summed E-state index contributed by atoms with van der Waals surface area (Å²) in [5.41, 5.74) is 3.71. The van der Waals surface area contributed by atoms with E-state index in [1.165, 1.54) is 29.4 Å². The zero-order chi connectivity index (χ0) is 18.9. The van der Waals surface area contributed by atoms with Gasteiger partial charge in [-0.05, 0) is 66.1 Å². The molecule has 3 aromatic rings. The second kappa shape index (κ2) is 8.69. The molecule has 150 valence electrons. The molecular weight excluding hydrogens is 378 g/mol. The molecule has 5 rings (SSSR count). The van der Waals surface area contributed by atoms with Crippen LogP contribution >= 0.6 is 12.4 Å². The van der Waals surface area contributed by atoms with E-state index in [-0.39, 0.29) is 12.4 Å². The lowest BCUT2D eigenvalue weighted by atomic mass is 9.80. The van der Waals surface area contributed by atoms with Gasteiger partial charge in [-0.2, -0.15) is 0 Å². The first-order valence-corrected chi connectivity index (χ1v) is 10.6. The Balaban J connectivity index is 0.00000205. The molecule has 3 aromatic carbocycles. The lowest BCUT2D eigenvalue weighted by Crippen LogP contribution is -2.38. The van der Waals surface area contributed by atoms with Gasteiger partial charge in [0.2, 0.25) is 0 Å². The molecule has 1 aliphatic heterocycles. The highest BCUT2D eigenvalue weighted by atomic mass is 35.5. The number of benzene rings is 3. The maximum Gasteiger partial charge on any atom is 0.164 e. The number of ketones is 1. The first-order chi connectivity index (χ1) is 13.8. The van der Waals surface area contributed by atoms with Gasteiger partial charge < -0.3 is 4.90 Å². The highest BCUT2D eigenvalue weighted by Crippen LogP contribution is 2.33. The molecule has 1 aliphatic carbocycles. The van der Waals surface area contributed by atoms with Gasteiger partial charge >= 0.3 is 0 Å². The van der Waals surface area contributed by atoms with Crippen LogP contribution < -0.4 is 0 Å². The van der Waals surface area contributed by atoms with E-state index >= 15 is 0 Å². The van der Waals surface area contributed by atoms with Gasteiger partial charge in [0, 0.05) is 18.5 Å². The molecule has 0 aromatic heterocycles. The Labute approximate surface area is 179 Å². The van der Waals surface area contributed by atoms with Crippen LogP contribution in [0.4, 0.5) is 0 Å². The number of hydrogen-bond acceptors (Lipinski definition) is 2. The summed E-state index contributed by atoms with van der Waals surface area (Å²) in [7, 11) is 0. The molecule has 3 heteroatoms. The summed E-state index contributed by atoms with van der Waals surface area (Å²) in [5.74, 6) is 1.48. The van der Waals surface area contributed by atoms with Crippen molar-refractivity contribution in [2.75, 3.05) is 19.6 Å². The molecule has 29 heavy (non-hydrogen) atoms. The van der Waals surface area contributed by atoms with Crippen LogP contribution in [0.25, 0.3) is 10.8 Å². The van der Waals surface area contributed by atoms with E-state index < -0.39 is 0 Å². The third kappa shape index (κ3) is 4.10. The van der Waals surface area contributed by atoms with Gasteiger partial charge in [-0.25, -0.2) is 0 Å². The van der Waals surface area contributed by atoms with E-state index in [4.69, 9.17) is 0 Å². The van der Waals surface area contributed by atoms with Crippen LogP contribution in [0.1, 0.15) is 46.7 Å². The van der Waals surface area contributed by atoms with E-state index in [2.05, 4.69) is 59.5 Å². The average molecular weight is 406 g/mol. The standard InChI is InChI=1S/C26H27NO.ClH/c28-25-17-19(16-23-11-10-22-8-4-5-9-24(22)26(23)25)18-27-14-12-21(13-15-27)20-6-2-1-3-7-20;/h1-11,19,21H,12-18H2;1H. The van der Waals surface area contributed by atoms with Crippen LogP contribution in [0.3, 0.4) is 0 Å². The Bertz CT molecular complexity index is 992. The summed E-state index contributed by atoms with van der Waals surface area (Å²) in [6.07, 6.45) is 4.18. The number of likely N-dealkylation sites (tertiary alicyclic amines) is 1. The lowest BCUT2D eigenvalue weighted by molar-refractivity contribution is 0.0923. The maximum atomic E-state index is 13.0. The van der Waals surface area contributed by atoms with Crippen molar-refractivity contribution in [2.45, 2.75) is 31.6 Å². The molecule has 0 saturated carbocycles. The number of piperidine rings is 1. The monoisotopic (exact) mass is 405 g/mol. The van der Waals surface area contributed by atoms with Gasteiger partial charge in [0.1, 0.15) is 0 Å². The molecule has 2 aliphatic rings. The fourth-order valence-corrected chi connectivity index (χ4v) is 5.23. The first-order valence-electron chi connectivity index (χ1n) is 10.6. The van der Waals surface area contributed by atoms with E-state index in [0.29, 0.717) is 24.0 Å². The molecule has 0 amide bonds. The van der Waals surface area contributed by atoms with Crippen molar-refractivity contribution in [3.63, 3.8) is 0 Å². The van der Waals surface area contributed by atoms with Crippen molar-refractivity contribution in [1.29, 1.82) is 0 Å². The SMILES string of the molecule is Cl.O=C1CC(CN2CCC(c3ccccc3)CC2)Cc2ccc3ccccc3c21. The third-order valence-corrected chi connectivity index (χ3v) is 6.65. The van der Waals surface area contributed by atoms with Gasteiger partial charge in [0.25, 0.3) is 0 Å². The molecule has 1 atom stereocenters. The number of halogens is 1. The largest absolute Gasteiger partial charge is 0.303 e. The molecular formula is C26H28ClNO. The van der Waals surface area contributed by atoms with Gasteiger partial charge in [-0.3, -0.25) is 4.79 Å². The van der Waals surface area contributed by atoms with Gasteiger partial charge in [-0.1, -0.05) is 66.7 Å². The fourth-order valence-electron chi connectivity index (χ4n) is 5.23. The Morgan fingerprint density at radius 2 is 1.55 bits per heavy atom. The summed E-state index contributed by atoms with van der Waals surface area (Å²) >= 11 is 0. The zero-order valence-corrected chi connectivity index (χ0v) is 17.5. The first kappa shape index (κ1) is 20.1. The third-order valence-electron chi connectivity index (χ3n) is 6.65. The summed E-state index contributed by atoms with van der Waals surface area (Å²) in [6.45, 7) is 3.35. The van der Waals surface area contributed by atoms with Crippen LogP contribution in [0.2, 0.25) is 0 Å². The molecule has 0 radical (unpaired) electrons. The van der Waals surface area contributed by atoms with E-state index in [0.717, 1.165) is 37.0 Å². The minimum Gasteiger partial charge on any atom is -0.303 e. The van der Waals surface area contributed by atoms with Crippen LogP contribution in [0.15, 0.2) is 66.7 Å². The van der Waals surface area contributed by atoms with E-state index in [9.17, 15) is 4.79 Å². The van der Waals surface area contributed by atoms with Gasteiger partial charge in [0.15, 0.2) is 5.78 Å². The number of rotatable bonds is 3. The topological polar surface area (TPSA) is 20.3 Å². The van der Waals surface area contributed by atoms with Crippen molar-refractivity contribution in [2.24, 2.45) is 5.92 Å². The zero-order valence-electron chi connectivity index (χ0n) is 16.7. The predicted octanol–water partition coefficient (Wildman–Crippen LogP) is 5.89. The molecule has 1 fully saturated rings. The quantitative estimate of drug-likeness (QED) is 0.541. The fraction of sp³-hybridized carbons (Fsp3) is 0.346. The Kier molecular flexibility index (Phi) is 6.03. The molecule has 2 nitrogen and oxygen atoms in total. The van der Waals surface area contributed by atoms with Gasteiger partial charge in [0.05, 0.1) is 0 Å². The normalized spacial score (nSPS) is 20.3. The Hall–Kier alpha value is -2.16. The molecule has 0 N–H and O–H groups in total. The predicted molar refractivity (Wildman–Crippen MR) is 122 cm³/mol. The average Bonchev–Trinajstić information content (AvgIpc) is 2.74. The smallest absolute Gasteiger partial charge is 0.164 e. The maximum absolute atomic E-state index is 13.0. The number of Topliss-reactive ketones (excluding diaryl/α,β-unsaturated/α-hetero) is 1. The van der Waals surface area contributed by atoms with Crippen molar-refractivity contribution in [1.82, 2.24) is 4.90 Å².